The van der Waals surface area contributed by atoms with E-state index in [2.05, 4.69) is 18.7 Å². The van der Waals surface area contributed by atoms with Crippen molar-refractivity contribution in [1.29, 1.82) is 0 Å². The van der Waals surface area contributed by atoms with Gasteiger partial charge in [0.15, 0.2) is 0 Å². The van der Waals surface area contributed by atoms with E-state index in [9.17, 15) is 0 Å². The topological polar surface area (TPSA) is 49.5 Å². The molecule has 0 aromatic carbocycles. The van der Waals surface area contributed by atoms with Crippen molar-refractivity contribution in [3.8, 4) is 0 Å². The summed E-state index contributed by atoms with van der Waals surface area (Å²) in [5.41, 5.74) is 5.52. The zero-order chi connectivity index (χ0) is 11.5. The third kappa shape index (κ3) is 10.2. The molecule has 3 nitrogen and oxygen atoms in total. The van der Waals surface area contributed by atoms with Crippen LogP contribution in [0.4, 0.5) is 0 Å². The highest BCUT2D eigenvalue weighted by atomic mass is 16.2. The molecule has 0 atom stereocenters. The molecule has 0 amide bonds. The van der Waals surface area contributed by atoms with Gasteiger partial charge in [-0.2, -0.15) is 0 Å². The second-order valence-electron chi connectivity index (χ2n) is 4.62. The van der Waals surface area contributed by atoms with Crippen molar-refractivity contribution in [2.24, 2.45) is 11.7 Å². The Labute approximate surface area is 94.6 Å². The molecule has 0 aliphatic heterocycles. The lowest BCUT2D eigenvalue weighted by molar-refractivity contribution is 0.230. The van der Waals surface area contributed by atoms with E-state index in [1.54, 1.807) is 0 Å². The van der Waals surface area contributed by atoms with Crippen molar-refractivity contribution in [3.63, 3.8) is 0 Å². The quantitative estimate of drug-likeness (QED) is 0.544. The zero-order valence-corrected chi connectivity index (χ0v) is 10.4. The minimum atomic E-state index is 0.326. The summed E-state index contributed by atoms with van der Waals surface area (Å²) in [6.45, 7) is 9.05. The SMILES string of the molecule is CC(C)CN(CCCN)CCCCCO. The van der Waals surface area contributed by atoms with E-state index >= 15 is 0 Å². The largest absolute Gasteiger partial charge is 0.396 e. The highest BCUT2D eigenvalue weighted by molar-refractivity contribution is 4.61. The molecule has 0 spiro atoms. The van der Waals surface area contributed by atoms with Crippen molar-refractivity contribution in [2.45, 2.75) is 39.5 Å². The number of nitrogens with two attached hydrogens (primary N) is 1. The van der Waals surface area contributed by atoms with Gasteiger partial charge in [-0.25, -0.2) is 0 Å². The summed E-state index contributed by atoms with van der Waals surface area (Å²) >= 11 is 0. The van der Waals surface area contributed by atoms with Gasteiger partial charge >= 0.3 is 0 Å². The fourth-order valence-electron chi connectivity index (χ4n) is 1.75. The number of aliphatic hydroxyl groups is 1. The smallest absolute Gasteiger partial charge is 0.0431 e. The first kappa shape index (κ1) is 14.9. The van der Waals surface area contributed by atoms with E-state index in [1.807, 2.05) is 0 Å². The molecule has 0 aromatic heterocycles. The molecule has 0 saturated heterocycles. The van der Waals surface area contributed by atoms with Crippen LogP contribution in [0, 0.1) is 5.92 Å². The molecular formula is C12H28N2O. The third-order valence-electron chi connectivity index (χ3n) is 2.43. The molecule has 3 heteroatoms. The van der Waals surface area contributed by atoms with E-state index in [-0.39, 0.29) is 0 Å². The maximum Gasteiger partial charge on any atom is 0.0431 e. The highest BCUT2D eigenvalue weighted by Crippen LogP contribution is 2.03. The molecule has 0 heterocycles. The second-order valence-corrected chi connectivity index (χ2v) is 4.62. The highest BCUT2D eigenvalue weighted by Gasteiger charge is 2.05. The third-order valence-corrected chi connectivity index (χ3v) is 2.43. The van der Waals surface area contributed by atoms with Crippen molar-refractivity contribution < 1.29 is 5.11 Å². The van der Waals surface area contributed by atoms with Crippen LogP contribution >= 0.6 is 0 Å². The number of nitrogens with zero attached hydrogens (tertiary/aromatic N) is 1. The number of aliphatic hydroxyl groups excluding tert-OH is 1. The van der Waals surface area contributed by atoms with Gasteiger partial charge in [-0.3, -0.25) is 0 Å². The molecule has 0 radical (unpaired) electrons. The van der Waals surface area contributed by atoms with Gasteiger partial charge in [-0.15, -0.1) is 0 Å². The van der Waals surface area contributed by atoms with Crippen molar-refractivity contribution in [1.82, 2.24) is 4.90 Å². The minimum Gasteiger partial charge on any atom is -0.396 e. The fraction of sp³-hybridized carbons (Fsp3) is 1.00. The molecule has 0 aliphatic rings. The van der Waals surface area contributed by atoms with Crippen LogP contribution in [0.25, 0.3) is 0 Å². The Kier molecular flexibility index (Phi) is 10.3. The van der Waals surface area contributed by atoms with Gasteiger partial charge in [0.25, 0.3) is 0 Å². The zero-order valence-electron chi connectivity index (χ0n) is 10.4. The minimum absolute atomic E-state index is 0.326. The van der Waals surface area contributed by atoms with Crippen molar-refractivity contribution in [2.75, 3.05) is 32.8 Å². The van der Waals surface area contributed by atoms with Crippen LogP contribution in [0.3, 0.4) is 0 Å². The van der Waals surface area contributed by atoms with Crippen LogP contribution in [0.15, 0.2) is 0 Å². The van der Waals surface area contributed by atoms with Crippen LogP contribution in [0.5, 0.6) is 0 Å². The van der Waals surface area contributed by atoms with Crippen molar-refractivity contribution in [3.05, 3.63) is 0 Å². The van der Waals surface area contributed by atoms with Gasteiger partial charge in [0, 0.05) is 13.2 Å². The molecule has 15 heavy (non-hydrogen) atoms. The van der Waals surface area contributed by atoms with Crippen LogP contribution in [-0.4, -0.2) is 42.8 Å². The Bertz CT molecular complexity index is 129. The molecule has 0 bridgehead atoms. The van der Waals surface area contributed by atoms with Gasteiger partial charge in [0.2, 0.25) is 0 Å². The summed E-state index contributed by atoms with van der Waals surface area (Å²) < 4.78 is 0. The Hall–Kier alpha value is -0.120. The normalized spacial score (nSPS) is 11.6. The van der Waals surface area contributed by atoms with Crippen LogP contribution in [0.1, 0.15) is 39.5 Å². The number of hydrogen-bond donors (Lipinski definition) is 2. The van der Waals surface area contributed by atoms with Gasteiger partial charge in [0.05, 0.1) is 0 Å². The number of rotatable bonds is 10. The Morgan fingerprint density at radius 1 is 1.07 bits per heavy atom. The second kappa shape index (κ2) is 10.4. The molecule has 0 unspecified atom stereocenters. The van der Waals surface area contributed by atoms with Crippen molar-refractivity contribution >= 4 is 0 Å². The van der Waals surface area contributed by atoms with Gasteiger partial charge in [0.1, 0.15) is 0 Å². The summed E-state index contributed by atoms with van der Waals surface area (Å²) in [6.07, 6.45) is 4.35. The lowest BCUT2D eigenvalue weighted by Crippen LogP contribution is -2.31. The summed E-state index contributed by atoms with van der Waals surface area (Å²) in [7, 11) is 0. The molecule has 92 valence electrons. The Morgan fingerprint density at radius 3 is 2.27 bits per heavy atom. The summed E-state index contributed by atoms with van der Waals surface area (Å²) in [6, 6.07) is 0. The van der Waals surface area contributed by atoms with Gasteiger partial charge in [-0.1, -0.05) is 13.8 Å². The molecule has 0 saturated carbocycles. The van der Waals surface area contributed by atoms with E-state index in [0.29, 0.717) is 6.61 Å². The number of hydrogen-bond acceptors (Lipinski definition) is 3. The maximum atomic E-state index is 8.69. The monoisotopic (exact) mass is 216 g/mol. The fourth-order valence-corrected chi connectivity index (χ4v) is 1.75. The van der Waals surface area contributed by atoms with Crippen LogP contribution in [0.2, 0.25) is 0 Å². The molecule has 3 N–H and O–H groups in total. The molecular weight excluding hydrogens is 188 g/mol. The number of unbranched alkanes of at least 4 members (excludes halogenated alkanes) is 2. The first-order valence-electron chi connectivity index (χ1n) is 6.24. The standard InChI is InChI=1S/C12H28N2O/c1-12(2)11-14(9-6-7-13)8-4-3-5-10-15/h12,15H,3-11,13H2,1-2H3. The summed E-state index contributed by atoms with van der Waals surface area (Å²) in [4.78, 5) is 2.49. The first-order valence-corrected chi connectivity index (χ1v) is 6.24. The lowest BCUT2D eigenvalue weighted by Gasteiger charge is -2.23. The molecule has 0 aromatic rings. The molecule has 0 fully saturated rings. The predicted molar refractivity (Wildman–Crippen MR) is 65.9 cm³/mol. The lowest BCUT2D eigenvalue weighted by atomic mass is 10.1. The van der Waals surface area contributed by atoms with Gasteiger partial charge < -0.3 is 15.7 Å². The molecule has 0 rings (SSSR count). The average molecular weight is 216 g/mol. The van der Waals surface area contributed by atoms with E-state index in [4.69, 9.17) is 10.8 Å². The maximum absolute atomic E-state index is 8.69. The van der Waals surface area contributed by atoms with E-state index in [0.717, 1.165) is 44.8 Å². The van der Waals surface area contributed by atoms with E-state index < -0.39 is 0 Å². The molecule has 0 aliphatic carbocycles. The van der Waals surface area contributed by atoms with E-state index in [1.165, 1.54) is 13.0 Å². The van der Waals surface area contributed by atoms with Crippen LogP contribution < -0.4 is 5.73 Å². The predicted octanol–water partition coefficient (Wildman–Crippen LogP) is 1.46. The summed E-state index contributed by atoms with van der Waals surface area (Å²) in [5, 5.41) is 8.69. The Morgan fingerprint density at radius 2 is 1.73 bits per heavy atom. The first-order chi connectivity index (χ1) is 7.20. The Balaban J connectivity index is 3.59. The van der Waals surface area contributed by atoms with Crippen LogP contribution in [-0.2, 0) is 0 Å². The van der Waals surface area contributed by atoms with Gasteiger partial charge in [-0.05, 0) is 51.2 Å². The summed E-state index contributed by atoms with van der Waals surface area (Å²) in [5.74, 6) is 0.723. The average Bonchev–Trinajstić information content (AvgIpc) is 2.19.